The van der Waals surface area contributed by atoms with Crippen molar-refractivity contribution in [1.29, 1.82) is 5.26 Å². The predicted octanol–water partition coefficient (Wildman–Crippen LogP) is 3.23. The van der Waals surface area contributed by atoms with E-state index >= 15 is 0 Å². The predicted molar refractivity (Wildman–Crippen MR) is 102 cm³/mol. The van der Waals surface area contributed by atoms with Gasteiger partial charge in [-0.15, -0.1) is 11.8 Å². The molecule has 0 saturated carbocycles. The molecule has 0 fully saturated rings. The summed E-state index contributed by atoms with van der Waals surface area (Å²) in [7, 11) is 0. The second-order valence-corrected chi connectivity index (χ2v) is 6.72. The lowest BCUT2D eigenvalue weighted by atomic mass is 10.1. The normalized spacial score (nSPS) is 10.3. The van der Waals surface area contributed by atoms with Gasteiger partial charge in [-0.25, -0.2) is 4.79 Å². The maximum absolute atomic E-state index is 12.0. The Morgan fingerprint density at radius 1 is 1.15 bits per heavy atom. The highest BCUT2D eigenvalue weighted by atomic mass is 32.2. The second-order valence-electron chi connectivity index (χ2n) is 5.75. The number of carboxylic acids is 1. The number of benzene rings is 2. The molecule has 6 nitrogen and oxygen atoms in total. The Bertz CT molecular complexity index is 1070. The Kier molecular flexibility index (Phi) is 5.69. The topological polar surface area (TPSA) is 107 Å². The summed E-state index contributed by atoms with van der Waals surface area (Å²) in [4.78, 5) is 29.4. The van der Waals surface area contributed by atoms with Gasteiger partial charge >= 0.3 is 11.7 Å². The Morgan fingerprint density at radius 3 is 2.59 bits per heavy atom. The third kappa shape index (κ3) is 4.63. The summed E-state index contributed by atoms with van der Waals surface area (Å²) in [6, 6.07) is 18.5. The maximum Gasteiger partial charge on any atom is 0.346 e. The molecule has 0 aliphatic rings. The minimum Gasteiger partial charge on any atom is -0.481 e. The van der Waals surface area contributed by atoms with Gasteiger partial charge in [0.1, 0.15) is 16.7 Å². The average molecular weight is 377 g/mol. The van der Waals surface area contributed by atoms with Crippen LogP contribution in [0.1, 0.15) is 16.7 Å². The molecule has 1 heterocycles. The number of thioether (sulfide) groups is 1. The van der Waals surface area contributed by atoms with Crippen molar-refractivity contribution in [3.63, 3.8) is 0 Å². The molecule has 7 heteroatoms. The molecule has 0 atom stereocenters. The van der Waals surface area contributed by atoms with Gasteiger partial charge in [-0.3, -0.25) is 4.79 Å². The largest absolute Gasteiger partial charge is 0.481 e. The van der Waals surface area contributed by atoms with Crippen LogP contribution in [0.3, 0.4) is 0 Å². The fraction of sp³-hybridized carbons (Fsp3) is 0.100. The van der Waals surface area contributed by atoms with E-state index in [0.29, 0.717) is 27.6 Å². The van der Waals surface area contributed by atoms with Crippen molar-refractivity contribution in [3.05, 3.63) is 81.8 Å². The van der Waals surface area contributed by atoms with Crippen LogP contribution in [0.5, 0.6) is 0 Å². The standard InChI is InChI=1S/C20H15N3O3S/c21-11-16-18(15-7-2-1-3-8-15)22-20(26)23-19(16)27-12-14-6-4-5-13(9-14)10-17(24)25/h1-9H,10,12H2,(H,24,25)(H,22,23,26). The molecule has 2 aromatic carbocycles. The first kappa shape index (κ1) is 18.4. The van der Waals surface area contributed by atoms with Gasteiger partial charge in [0.15, 0.2) is 0 Å². The monoisotopic (exact) mass is 377 g/mol. The number of H-pyrrole nitrogens is 1. The first-order valence-corrected chi connectivity index (χ1v) is 9.07. The van der Waals surface area contributed by atoms with Crippen molar-refractivity contribution in [2.75, 3.05) is 0 Å². The zero-order chi connectivity index (χ0) is 19.2. The van der Waals surface area contributed by atoms with Gasteiger partial charge in [0, 0.05) is 5.75 Å². The molecule has 0 radical (unpaired) electrons. The smallest absolute Gasteiger partial charge is 0.346 e. The number of aliphatic carboxylic acids is 1. The molecule has 0 saturated heterocycles. The molecule has 134 valence electrons. The number of carboxylic acid groups (broad SMARTS) is 1. The lowest BCUT2D eigenvalue weighted by molar-refractivity contribution is -0.136. The van der Waals surface area contributed by atoms with Crippen molar-refractivity contribution in [2.24, 2.45) is 0 Å². The molecule has 27 heavy (non-hydrogen) atoms. The summed E-state index contributed by atoms with van der Waals surface area (Å²) >= 11 is 1.27. The lowest BCUT2D eigenvalue weighted by Crippen LogP contribution is -2.14. The van der Waals surface area contributed by atoms with E-state index in [2.05, 4.69) is 16.0 Å². The summed E-state index contributed by atoms with van der Waals surface area (Å²) in [5, 5.41) is 18.9. The molecule has 0 spiro atoms. The first-order chi connectivity index (χ1) is 13.1. The average Bonchev–Trinajstić information content (AvgIpc) is 2.66. The van der Waals surface area contributed by atoms with Crippen molar-refractivity contribution in [2.45, 2.75) is 17.2 Å². The maximum atomic E-state index is 12.0. The number of nitrogens with zero attached hydrogens (tertiary/aromatic N) is 2. The van der Waals surface area contributed by atoms with Crippen molar-refractivity contribution in [1.82, 2.24) is 9.97 Å². The number of nitriles is 1. The number of nitrogens with one attached hydrogen (secondary N) is 1. The number of carbonyl (C=O) groups is 1. The number of hydrogen-bond donors (Lipinski definition) is 2. The Morgan fingerprint density at radius 2 is 1.89 bits per heavy atom. The lowest BCUT2D eigenvalue weighted by Gasteiger charge is -2.09. The van der Waals surface area contributed by atoms with E-state index in [-0.39, 0.29) is 6.42 Å². The molecule has 0 aliphatic heterocycles. The minimum absolute atomic E-state index is 0.0522. The van der Waals surface area contributed by atoms with E-state index in [1.807, 2.05) is 36.4 Å². The van der Waals surface area contributed by atoms with Crippen LogP contribution in [-0.2, 0) is 17.0 Å². The van der Waals surface area contributed by atoms with Gasteiger partial charge in [-0.2, -0.15) is 10.2 Å². The Hall–Kier alpha value is -3.37. The van der Waals surface area contributed by atoms with E-state index in [0.717, 1.165) is 11.1 Å². The van der Waals surface area contributed by atoms with Gasteiger partial charge in [0.25, 0.3) is 0 Å². The molecule has 1 aromatic heterocycles. The van der Waals surface area contributed by atoms with Gasteiger partial charge < -0.3 is 10.1 Å². The van der Waals surface area contributed by atoms with Gasteiger partial charge in [-0.05, 0) is 16.7 Å². The van der Waals surface area contributed by atoms with E-state index in [1.54, 1.807) is 18.2 Å². The van der Waals surface area contributed by atoms with Crippen LogP contribution in [-0.4, -0.2) is 21.0 Å². The Balaban J connectivity index is 1.90. The van der Waals surface area contributed by atoms with Crippen LogP contribution < -0.4 is 5.69 Å². The second kappa shape index (κ2) is 8.34. The fourth-order valence-corrected chi connectivity index (χ4v) is 3.56. The van der Waals surface area contributed by atoms with E-state index < -0.39 is 11.7 Å². The molecule has 0 aliphatic carbocycles. The summed E-state index contributed by atoms with van der Waals surface area (Å²) in [6.07, 6.45) is -0.0522. The van der Waals surface area contributed by atoms with Gasteiger partial charge in [0.2, 0.25) is 0 Å². The highest BCUT2D eigenvalue weighted by molar-refractivity contribution is 7.98. The van der Waals surface area contributed by atoms with Gasteiger partial charge in [0.05, 0.1) is 12.1 Å². The molecule has 0 unspecified atom stereocenters. The molecular weight excluding hydrogens is 362 g/mol. The van der Waals surface area contributed by atoms with Crippen LogP contribution >= 0.6 is 11.8 Å². The minimum atomic E-state index is -0.893. The number of aromatic amines is 1. The van der Waals surface area contributed by atoms with Crippen LogP contribution in [0.25, 0.3) is 11.3 Å². The zero-order valence-corrected chi connectivity index (χ0v) is 15.0. The quantitative estimate of drug-likeness (QED) is 0.504. The Labute approximate surface area is 159 Å². The van der Waals surface area contributed by atoms with E-state index in [4.69, 9.17) is 5.11 Å². The van der Waals surface area contributed by atoms with E-state index in [1.165, 1.54) is 11.8 Å². The molecular formula is C20H15N3O3S. The summed E-state index contributed by atoms with van der Waals surface area (Å²) in [6.45, 7) is 0. The fourth-order valence-electron chi connectivity index (χ4n) is 2.64. The molecule has 0 bridgehead atoms. The molecule has 2 N–H and O–H groups in total. The van der Waals surface area contributed by atoms with Crippen LogP contribution in [0.2, 0.25) is 0 Å². The third-order valence-corrected chi connectivity index (χ3v) is 4.84. The van der Waals surface area contributed by atoms with Crippen LogP contribution in [0, 0.1) is 11.3 Å². The zero-order valence-electron chi connectivity index (χ0n) is 14.2. The van der Waals surface area contributed by atoms with Crippen LogP contribution in [0.4, 0.5) is 0 Å². The van der Waals surface area contributed by atoms with Gasteiger partial charge in [-0.1, -0.05) is 54.6 Å². The molecule has 3 aromatic rings. The first-order valence-electron chi connectivity index (χ1n) is 8.09. The van der Waals surface area contributed by atoms with E-state index in [9.17, 15) is 14.9 Å². The highest BCUT2D eigenvalue weighted by Crippen LogP contribution is 2.29. The van der Waals surface area contributed by atoms with Crippen molar-refractivity contribution in [3.8, 4) is 17.3 Å². The van der Waals surface area contributed by atoms with Crippen LogP contribution in [0.15, 0.2) is 64.4 Å². The highest BCUT2D eigenvalue weighted by Gasteiger charge is 2.14. The third-order valence-electron chi connectivity index (χ3n) is 3.80. The summed E-state index contributed by atoms with van der Waals surface area (Å²) in [5.41, 5.74) is 2.57. The number of aromatic nitrogens is 2. The number of rotatable bonds is 6. The molecule has 3 rings (SSSR count). The summed E-state index contributed by atoms with van der Waals surface area (Å²) < 4.78 is 0. The van der Waals surface area contributed by atoms with Crippen molar-refractivity contribution >= 4 is 17.7 Å². The molecule has 0 amide bonds. The summed E-state index contributed by atoms with van der Waals surface area (Å²) in [5.74, 6) is -0.428. The van der Waals surface area contributed by atoms with Crippen molar-refractivity contribution < 1.29 is 9.90 Å². The number of hydrogen-bond acceptors (Lipinski definition) is 5. The SMILES string of the molecule is N#Cc1c(SCc2cccc(CC(=O)O)c2)nc(=O)[nH]c1-c1ccccc1.